The molecule has 0 bridgehead atoms. The van der Waals surface area contributed by atoms with Crippen molar-refractivity contribution in [1.82, 2.24) is 5.32 Å². The number of anilines is 1. The molecule has 2 aliphatic heterocycles. The summed E-state index contributed by atoms with van der Waals surface area (Å²) in [4.78, 5) is 18.1. The summed E-state index contributed by atoms with van der Waals surface area (Å²) in [6, 6.07) is 10.0. The van der Waals surface area contributed by atoms with Crippen LogP contribution in [-0.4, -0.2) is 31.1 Å². The molecule has 3 rings (SSSR count). The smallest absolute Gasteiger partial charge is 0.354 e. The number of hydrogen-bond donors (Lipinski definition) is 1. The molecule has 2 atom stereocenters. The number of hydrogen-bond acceptors (Lipinski definition) is 5. The molecule has 1 N–H and O–H groups in total. The highest BCUT2D eigenvalue weighted by atomic mass is 16.5. The number of benzene rings is 1. The molecule has 2 aliphatic rings. The summed E-state index contributed by atoms with van der Waals surface area (Å²) in [7, 11) is 0. The summed E-state index contributed by atoms with van der Waals surface area (Å²) < 4.78 is 4.99. The van der Waals surface area contributed by atoms with Gasteiger partial charge in [0, 0.05) is 5.69 Å². The number of aliphatic imine (C=N–C) groups is 1. The number of nitrogens with one attached hydrogen (secondary N) is 1. The molecule has 0 spiro atoms. The van der Waals surface area contributed by atoms with Crippen molar-refractivity contribution in [2.24, 2.45) is 4.99 Å². The van der Waals surface area contributed by atoms with Gasteiger partial charge in [-0.05, 0) is 25.1 Å². The van der Waals surface area contributed by atoms with Gasteiger partial charge in [0.05, 0.1) is 19.0 Å². The summed E-state index contributed by atoms with van der Waals surface area (Å²) in [5.41, 5.74) is 1.55. The molecule has 5 heteroatoms. The maximum absolute atomic E-state index is 11.7. The Morgan fingerprint density at radius 1 is 1.42 bits per heavy atom. The number of rotatable bonds is 3. The summed E-state index contributed by atoms with van der Waals surface area (Å²) in [5, 5.41) is 3.08. The lowest BCUT2D eigenvalue weighted by atomic mass is 10.2. The van der Waals surface area contributed by atoms with Crippen LogP contribution in [0.3, 0.4) is 0 Å². The number of nitrogens with zero attached hydrogens (tertiary/aromatic N) is 2. The fourth-order valence-electron chi connectivity index (χ4n) is 2.31. The SMILES string of the molecule is CCOC(=O)C1=CC2C(N=CN2c2ccccc2)N1. The van der Waals surface area contributed by atoms with E-state index in [0.29, 0.717) is 12.3 Å². The highest BCUT2D eigenvalue weighted by molar-refractivity contribution is 5.91. The number of carbonyl (C=O) groups excluding carboxylic acids is 1. The van der Waals surface area contributed by atoms with Gasteiger partial charge < -0.3 is 15.0 Å². The van der Waals surface area contributed by atoms with E-state index in [1.807, 2.05) is 41.3 Å². The van der Waals surface area contributed by atoms with Gasteiger partial charge in [-0.15, -0.1) is 0 Å². The molecule has 5 nitrogen and oxygen atoms in total. The van der Waals surface area contributed by atoms with Crippen LogP contribution in [0.1, 0.15) is 6.92 Å². The molecule has 19 heavy (non-hydrogen) atoms. The Labute approximate surface area is 111 Å². The standard InChI is InChI=1S/C14H15N3O2/c1-2-19-14(18)11-8-12-13(16-11)15-9-17(12)10-6-4-3-5-7-10/h3-9,12-13,16H,2H2,1H3. The third kappa shape index (κ3) is 2.07. The minimum Gasteiger partial charge on any atom is -0.461 e. The van der Waals surface area contributed by atoms with Crippen LogP contribution in [0.15, 0.2) is 47.1 Å². The molecular formula is C14H15N3O2. The summed E-state index contributed by atoms with van der Waals surface area (Å²) in [6.07, 6.45) is 3.57. The third-order valence-corrected chi connectivity index (χ3v) is 3.19. The van der Waals surface area contributed by atoms with Crippen LogP contribution in [-0.2, 0) is 9.53 Å². The van der Waals surface area contributed by atoms with E-state index in [2.05, 4.69) is 10.3 Å². The van der Waals surface area contributed by atoms with Crippen molar-refractivity contribution in [3.8, 4) is 0 Å². The molecule has 0 radical (unpaired) electrons. The second kappa shape index (κ2) is 4.76. The van der Waals surface area contributed by atoms with Crippen molar-refractivity contribution in [1.29, 1.82) is 0 Å². The highest BCUT2D eigenvalue weighted by Crippen LogP contribution is 2.26. The van der Waals surface area contributed by atoms with Crippen LogP contribution in [0.2, 0.25) is 0 Å². The van der Waals surface area contributed by atoms with E-state index in [9.17, 15) is 4.79 Å². The summed E-state index contributed by atoms with van der Waals surface area (Å²) >= 11 is 0. The molecular weight excluding hydrogens is 242 g/mol. The minimum absolute atomic E-state index is 0.0295. The van der Waals surface area contributed by atoms with E-state index in [0.717, 1.165) is 5.69 Å². The predicted octanol–water partition coefficient (Wildman–Crippen LogP) is 1.28. The van der Waals surface area contributed by atoms with Crippen LogP contribution in [0.25, 0.3) is 0 Å². The number of para-hydroxylation sites is 1. The van der Waals surface area contributed by atoms with Crippen molar-refractivity contribution in [3.63, 3.8) is 0 Å². The normalized spacial score (nSPS) is 23.8. The Hall–Kier alpha value is -2.30. The molecule has 0 saturated heterocycles. The van der Waals surface area contributed by atoms with E-state index >= 15 is 0 Å². The van der Waals surface area contributed by atoms with Crippen molar-refractivity contribution in [2.75, 3.05) is 11.5 Å². The molecule has 98 valence electrons. The van der Waals surface area contributed by atoms with Crippen LogP contribution in [0.5, 0.6) is 0 Å². The molecule has 2 unspecified atom stereocenters. The molecule has 1 aromatic rings. The minimum atomic E-state index is -0.319. The average Bonchev–Trinajstić information content (AvgIpc) is 2.99. The van der Waals surface area contributed by atoms with Crippen LogP contribution in [0.4, 0.5) is 5.69 Å². The Kier molecular flexibility index (Phi) is 2.95. The quantitative estimate of drug-likeness (QED) is 0.829. The Balaban J connectivity index is 1.81. The first-order chi connectivity index (χ1) is 9.29. The second-order valence-corrected chi connectivity index (χ2v) is 4.39. The summed E-state index contributed by atoms with van der Waals surface area (Å²) in [5.74, 6) is -0.319. The maximum Gasteiger partial charge on any atom is 0.354 e. The monoisotopic (exact) mass is 257 g/mol. The van der Waals surface area contributed by atoms with E-state index in [1.165, 1.54) is 0 Å². The predicted molar refractivity (Wildman–Crippen MR) is 72.8 cm³/mol. The van der Waals surface area contributed by atoms with Gasteiger partial charge in [-0.25, -0.2) is 9.79 Å². The zero-order chi connectivity index (χ0) is 13.2. The number of ether oxygens (including phenoxy) is 1. The molecule has 0 aliphatic carbocycles. The topological polar surface area (TPSA) is 53.9 Å². The fraction of sp³-hybridized carbons (Fsp3) is 0.286. The van der Waals surface area contributed by atoms with E-state index in [-0.39, 0.29) is 18.2 Å². The van der Waals surface area contributed by atoms with Crippen molar-refractivity contribution in [2.45, 2.75) is 19.1 Å². The molecule has 2 heterocycles. The zero-order valence-electron chi connectivity index (χ0n) is 10.6. The van der Waals surface area contributed by atoms with E-state index in [1.54, 1.807) is 13.3 Å². The maximum atomic E-state index is 11.7. The zero-order valence-corrected chi connectivity index (χ0v) is 10.6. The molecule has 0 amide bonds. The van der Waals surface area contributed by atoms with Crippen LogP contribution >= 0.6 is 0 Å². The molecule has 1 aromatic carbocycles. The van der Waals surface area contributed by atoms with E-state index < -0.39 is 0 Å². The second-order valence-electron chi connectivity index (χ2n) is 4.39. The van der Waals surface area contributed by atoms with Crippen molar-refractivity contribution in [3.05, 3.63) is 42.1 Å². The first kappa shape index (κ1) is 11.8. The Morgan fingerprint density at radius 3 is 2.95 bits per heavy atom. The van der Waals surface area contributed by atoms with Gasteiger partial charge in [-0.1, -0.05) is 18.2 Å². The highest BCUT2D eigenvalue weighted by Gasteiger charge is 2.37. The van der Waals surface area contributed by atoms with Gasteiger partial charge in [0.15, 0.2) is 0 Å². The van der Waals surface area contributed by atoms with Gasteiger partial charge in [-0.3, -0.25) is 0 Å². The third-order valence-electron chi connectivity index (χ3n) is 3.19. The lowest BCUT2D eigenvalue weighted by molar-refractivity contribution is -0.138. The molecule has 0 saturated carbocycles. The largest absolute Gasteiger partial charge is 0.461 e. The first-order valence-corrected chi connectivity index (χ1v) is 6.32. The van der Waals surface area contributed by atoms with Gasteiger partial charge in [0.1, 0.15) is 11.9 Å². The van der Waals surface area contributed by atoms with Crippen LogP contribution in [0, 0.1) is 0 Å². The number of carbonyl (C=O) groups is 1. The van der Waals surface area contributed by atoms with Gasteiger partial charge in [0.2, 0.25) is 0 Å². The number of fused-ring (bicyclic) bond motifs is 1. The Morgan fingerprint density at radius 2 is 2.21 bits per heavy atom. The molecule has 0 aromatic heterocycles. The van der Waals surface area contributed by atoms with Gasteiger partial charge in [-0.2, -0.15) is 0 Å². The van der Waals surface area contributed by atoms with Crippen molar-refractivity contribution < 1.29 is 9.53 Å². The fourth-order valence-corrected chi connectivity index (χ4v) is 2.31. The average molecular weight is 257 g/mol. The summed E-state index contributed by atoms with van der Waals surface area (Å²) in [6.45, 7) is 2.17. The first-order valence-electron chi connectivity index (χ1n) is 6.32. The number of esters is 1. The lowest BCUT2D eigenvalue weighted by Gasteiger charge is -2.21. The van der Waals surface area contributed by atoms with Gasteiger partial charge >= 0.3 is 5.97 Å². The Bertz CT molecular complexity index is 539. The van der Waals surface area contributed by atoms with Crippen molar-refractivity contribution >= 4 is 18.0 Å². The van der Waals surface area contributed by atoms with Gasteiger partial charge in [0.25, 0.3) is 0 Å². The van der Waals surface area contributed by atoms with E-state index in [4.69, 9.17) is 4.74 Å². The molecule has 0 fully saturated rings. The van der Waals surface area contributed by atoms with Crippen LogP contribution < -0.4 is 10.2 Å². The lowest BCUT2D eigenvalue weighted by Crippen LogP contribution is -2.36.